The van der Waals surface area contributed by atoms with Crippen LogP contribution in [0.1, 0.15) is 19.3 Å². The van der Waals surface area contributed by atoms with Gasteiger partial charge in [0.15, 0.2) is 0 Å². The number of nitrogens with two attached hydrogens (primary N) is 1. The Morgan fingerprint density at radius 3 is 2.57 bits per heavy atom. The van der Waals surface area contributed by atoms with Gasteiger partial charge in [-0.25, -0.2) is 8.42 Å². The van der Waals surface area contributed by atoms with E-state index in [4.69, 9.17) is 10.5 Å². The molecule has 1 fully saturated rings. The van der Waals surface area contributed by atoms with Gasteiger partial charge in [0, 0.05) is 25.3 Å². The summed E-state index contributed by atoms with van der Waals surface area (Å²) in [7, 11) is -1.28. The maximum atomic E-state index is 11.4. The number of hydrogen-bond acceptors (Lipinski definition) is 4. The molecular weight excluding hydrogens is 202 g/mol. The van der Waals surface area contributed by atoms with Crippen molar-refractivity contribution in [3.63, 3.8) is 0 Å². The molecule has 0 aromatic carbocycles. The molecule has 14 heavy (non-hydrogen) atoms. The summed E-state index contributed by atoms with van der Waals surface area (Å²) in [5.74, 6) is 0. The zero-order chi connectivity index (χ0) is 10.8. The van der Waals surface area contributed by atoms with Crippen molar-refractivity contribution < 1.29 is 13.2 Å². The van der Waals surface area contributed by atoms with Gasteiger partial charge >= 0.3 is 0 Å². The molecule has 0 unspecified atom stereocenters. The van der Waals surface area contributed by atoms with Crippen LogP contribution >= 0.6 is 0 Å². The average Bonchev–Trinajstić information content (AvgIpc) is 2.50. The third-order valence-electron chi connectivity index (χ3n) is 3.15. The molecule has 2 atom stereocenters. The lowest BCUT2D eigenvalue weighted by atomic mass is 9.87. The highest BCUT2D eigenvalue weighted by Gasteiger charge is 2.41. The van der Waals surface area contributed by atoms with Crippen LogP contribution < -0.4 is 5.73 Å². The second-order valence-electron chi connectivity index (χ2n) is 4.33. The van der Waals surface area contributed by atoms with E-state index in [0.29, 0.717) is 19.6 Å². The van der Waals surface area contributed by atoms with Crippen LogP contribution in [0.25, 0.3) is 0 Å². The second-order valence-corrected chi connectivity index (χ2v) is 6.66. The first-order valence-electron chi connectivity index (χ1n) is 4.81. The first-order valence-corrected chi connectivity index (χ1v) is 6.77. The monoisotopic (exact) mass is 221 g/mol. The molecule has 1 aliphatic carbocycles. The molecule has 0 aliphatic heterocycles. The maximum Gasteiger partial charge on any atom is 0.150 e. The molecular formula is C9H19NO3S. The van der Waals surface area contributed by atoms with Crippen molar-refractivity contribution in [3.05, 3.63) is 0 Å². The Bertz CT molecular complexity index is 288. The minimum atomic E-state index is -2.91. The van der Waals surface area contributed by atoms with Crippen LogP contribution in [0.3, 0.4) is 0 Å². The van der Waals surface area contributed by atoms with E-state index in [1.807, 2.05) is 0 Å². The Morgan fingerprint density at radius 1 is 1.57 bits per heavy atom. The normalized spacial score (nSPS) is 33.5. The van der Waals surface area contributed by atoms with Gasteiger partial charge in [0.05, 0.1) is 11.9 Å². The lowest BCUT2D eigenvalue weighted by molar-refractivity contribution is 0.0895. The van der Waals surface area contributed by atoms with E-state index < -0.39 is 9.84 Å². The Hall–Kier alpha value is -0.130. The average molecular weight is 221 g/mol. The molecule has 0 heterocycles. The number of sulfone groups is 1. The third-order valence-corrected chi connectivity index (χ3v) is 4.76. The van der Waals surface area contributed by atoms with Gasteiger partial charge < -0.3 is 10.5 Å². The molecule has 0 spiro atoms. The summed E-state index contributed by atoms with van der Waals surface area (Å²) in [6, 6.07) is 0. The van der Waals surface area contributed by atoms with E-state index >= 15 is 0 Å². The number of rotatable bonds is 4. The van der Waals surface area contributed by atoms with Crippen LogP contribution in [0, 0.1) is 5.41 Å². The first kappa shape index (κ1) is 11.9. The summed E-state index contributed by atoms with van der Waals surface area (Å²) in [5, 5.41) is -0.221. The van der Waals surface area contributed by atoms with Gasteiger partial charge in [0.1, 0.15) is 9.84 Å². The fourth-order valence-electron chi connectivity index (χ4n) is 2.20. The van der Waals surface area contributed by atoms with Gasteiger partial charge in [-0.3, -0.25) is 0 Å². The van der Waals surface area contributed by atoms with Crippen molar-refractivity contribution in [2.75, 3.05) is 26.5 Å². The Morgan fingerprint density at radius 2 is 2.21 bits per heavy atom. The van der Waals surface area contributed by atoms with Crippen molar-refractivity contribution in [3.8, 4) is 0 Å². The van der Waals surface area contributed by atoms with Crippen molar-refractivity contribution in [2.45, 2.75) is 24.5 Å². The summed E-state index contributed by atoms with van der Waals surface area (Å²) < 4.78 is 27.8. The van der Waals surface area contributed by atoms with Crippen LogP contribution in [-0.2, 0) is 14.6 Å². The lowest BCUT2D eigenvalue weighted by Crippen LogP contribution is -2.33. The zero-order valence-electron chi connectivity index (χ0n) is 8.82. The molecule has 0 aromatic rings. The van der Waals surface area contributed by atoms with E-state index in [1.54, 1.807) is 7.11 Å². The van der Waals surface area contributed by atoms with Crippen molar-refractivity contribution in [1.29, 1.82) is 0 Å². The fraction of sp³-hybridized carbons (Fsp3) is 1.00. The second kappa shape index (κ2) is 4.16. The minimum Gasteiger partial charge on any atom is -0.384 e. The van der Waals surface area contributed by atoms with Gasteiger partial charge in [0.25, 0.3) is 0 Å². The van der Waals surface area contributed by atoms with E-state index in [2.05, 4.69) is 0 Å². The molecule has 84 valence electrons. The Labute approximate surface area is 85.7 Å². The summed E-state index contributed by atoms with van der Waals surface area (Å²) in [6.07, 6.45) is 3.53. The molecule has 4 nitrogen and oxygen atoms in total. The molecule has 0 saturated heterocycles. The van der Waals surface area contributed by atoms with Gasteiger partial charge in [-0.05, 0) is 19.3 Å². The predicted molar refractivity (Wildman–Crippen MR) is 55.8 cm³/mol. The van der Waals surface area contributed by atoms with Gasteiger partial charge in [-0.2, -0.15) is 0 Å². The van der Waals surface area contributed by atoms with E-state index in [1.165, 1.54) is 6.26 Å². The molecule has 1 aliphatic rings. The van der Waals surface area contributed by atoms with E-state index in [-0.39, 0.29) is 10.7 Å². The van der Waals surface area contributed by atoms with Crippen molar-refractivity contribution in [2.24, 2.45) is 11.1 Å². The summed E-state index contributed by atoms with van der Waals surface area (Å²) in [4.78, 5) is 0. The van der Waals surface area contributed by atoms with Gasteiger partial charge in [0.2, 0.25) is 0 Å². The third kappa shape index (κ3) is 2.46. The van der Waals surface area contributed by atoms with Gasteiger partial charge in [-0.1, -0.05) is 0 Å². The van der Waals surface area contributed by atoms with Crippen LogP contribution in [0.4, 0.5) is 0 Å². The molecule has 0 aromatic heterocycles. The SMILES string of the molecule is COC[C@@]1(CN)CC[C@H](S(C)(=O)=O)C1. The van der Waals surface area contributed by atoms with E-state index in [0.717, 1.165) is 12.8 Å². The standard InChI is InChI=1S/C9H19NO3S/c1-13-7-9(6-10)4-3-8(5-9)14(2,11)12/h8H,3-7,10H2,1-2H3/t8-,9-/m0/s1. The van der Waals surface area contributed by atoms with Crippen LogP contribution in [0.15, 0.2) is 0 Å². The van der Waals surface area contributed by atoms with Gasteiger partial charge in [-0.15, -0.1) is 0 Å². The predicted octanol–water partition coefficient (Wildman–Crippen LogP) is 0.175. The fourth-order valence-corrected chi connectivity index (χ4v) is 3.40. The number of methoxy groups -OCH3 is 1. The largest absolute Gasteiger partial charge is 0.384 e. The Kier molecular flexibility index (Phi) is 3.55. The van der Waals surface area contributed by atoms with E-state index in [9.17, 15) is 8.42 Å². The molecule has 1 saturated carbocycles. The molecule has 1 rings (SSSR count). The topological polar surface area (TPSA) is 69.4 Å². The Balaban J connectivity index is 2.71. The maximum absolute atomic E-state index is 11.4. The van der Waals surface area contributed by atoms with Crippen LogP contribution in [0.5, 0.6) is 0 Å². The molecule has 0 amide bonds. The zero-order valence-corrected chi connectivity index (χ0v) is 9.64. The molecule has 0 bridgehead atoms. The van der Waals surface area contributed by atoms with Crippen LogP contribution in [0.2, 0.25) is 0 Å². The van der Waals surface area contributed by atoms with Crippen LogP contribution in [-0.4, -0.2) is 40.2 Å². The highest BCUT2D eigenvalue weighted by Crippen LogP contribution is 2.40. The molecule has 0 radical (unpaired) electrons. The number of hydrogen-bond donors (Lipinski definition) is 1. The highest BCUT2D eigenvalue weighted by molar-refractivity contribution is 7.91. The van der Waals surface area contributed by atoms with Crippen molar-refractivity contribution >= 4 is 9.84 Å². The quantitative estimate of drug-likeness (QED) is 0.735. The first-order chi connectivity index (χ1) is 6.43. The van der Waals surface area contributed by atoms with Crippen molar-refractivity contribution in [1.82, 2.24) is 0 Å². The summed E-state index contributed by atoms with van der Waals surface area (Å²) >= 11 is 0. The minimum absolute atomic E-state index is 0.109. The number of ether oxygens (including phenoxy) is 1. The molecule has 2 N–H and O–H groups in total. The molecule has 5 heteroatoms. The summed E-state index contributed by atoms with van der Waals surface area (Å²) in [6.45, 7) is 1.07. The summed E-state index contributed by atoms with van der Waals surface area (Å²) in [5.41, 5.74) is 5.58. The highest BCUT2D eigenvalue weighted by atomic mass is 32.2. The smallest absolute Gasteiger partial charge is 0.150 e. The lowest BCUT2D eigenvalue weighted by Gasteiger charge is -2.26.